The number of urea groups is 1. The Bertz CT molecular complexity index is 1030. The molecule has 0 aliphatic carbocycles. The number of methoxy groups -OCH3 is 1. The molecule has 0 radical (unpaired) electrons. The molecule has 1 fully saturated rings. The van der Waals surface area contributed by atoms with Crippen molar-refractivity contribution in [2.45, 2.75) is 32.0 Å². The monoisotopic (exact) mass is 475 g/mol. The molecule has 33 heavy (non-hydrogen) atoms. The highest BCUT2D eigenvalue weighted by molar-refractivity contribution is 6.33. The number of aryl methyl sites for hydroxylation is 1. The number of halogens is 1. The normalized spacial score (nSPS) is 17.5. The summed E-state index contributed by atoms with van der Waals surface area (Å²) in [6.45, 7) is 3.49. The average Bonchev–Trinajstić information content (AvgIpc) is 3.08. The summed E-state index contributed by atoms with van der Waals surface area (Å²) in [5.41, 5.74) is 1.81. The highest BCUT2D eigenvalue weighted by Gasteiger charge is 2.47. The minimum Gasteiger partial charge on any atom is -0.491 e. The Morgan fingerprint density at radius 3 is 2.55 bits per heavy atom. The molecule has 0 spiro atoms. The molecule has 9 nitrogen and oxygen atoms in total. The standard InChI is InChI=1S/C23H26ClN3O6/c1-13-4-9-18(17(24)12-13)25-21(29)20(14(2)32-3)27-22(30)19(26-23(27)31)15-5-7-16(8-6-15)33-11-10-28/h4-9,12,14,19-20,28H,10-11H2,1-3H3,(H,25,29)(H,26,31)/t14?,19-,20+/m1/s1. The van der Waals surface area contributed by atoms with E-state index in [4.69, 9.17) is 26.2 Å². The quantitative estimate of drug-likeness (QED) is 0.480. The Morgan fingerprint density at radius 2 is 1.94 bits per heavy atom. The zero-order chi connectivity index (χ0) is 24.1. The van der Waals surface area contributed by atoms with Crippen LogP contribution >= 0.6 is 11.6 Å². The van der Waals surface area contributed by atoms with Crippen LogP contribution < -0.4 is 15.4 Å². The number of hydrogen-bond donors (Lipinski definition) is 3. The van der Waals surface area contributed by atoms with Crippen molar-refractivity contribution in [2.75, 3.05) is 25.6 Å². The fourth-order valence-corrected chi connectivity index (χ4v) is 3.78. The number of anilines is 1. The molecular formula is C23H26ClN3O6. The second-order valence-corrected chi connectivity index (χ2v) is 8.00. The van der Waals surface area contributed by atoms with E-state index in [2.05, 4.69) is 10.6 Å². The first kappa shape index (κ1) is 24.5. The molecule has 1 heterocycles. The molecule has 10 heteroatoms. The molecule has 2 aromatic carbocycles. The molecule has 2 aromatic rings. The summed E-state index contributed by atoms with van der Waals surface area (Å²) >= 11 is 6.23. The maximum atomic E-state index is 13.2. The van der Waals surface area contributed by atoms with Crippen LogP contribution in [0.15, 0.2) is 42.5 Å². The zero-order valence-electron chi connectivity index (χ0n) is 18.5. The van der Waals surface area contributed by atoms with Crippen molar-refractivity contribution in [1.82, 2.24) is 10.2 Å². The number of carbonyl (C=O) groups is 3. The average molecular weight is 476 g/mol. The Hall–Kier alpha value is -3.14. The van der Waals surface area contributed by atoms with Gasteiger partial charge in [-0.15, -0.1) is 0 Å². The summed E-state index contributed by atoms with van der Waals surface area (Å²) in [6.07, 6.45) is -0.781. The highest BCUT2D eigenvalue weighted by Crippen LogP contribution is 2.28. The largest absolute Gasteiger partial charge is 0.491 e. The van der Waals surface area contributed by atoms with Crippen LogP contribution in [-0.4, -0.2) is 60.3 Å². The van der Waals surface area contributed by atoms with Crippen LogP contribution in [0, 0.1) is 6.92 Å². The maximum absolute atomic E-state index is 13.2. The minimum atomic E-state index is -1.22. The number of hydrogen-bond acceptors (Lipinski definition) is 6. The molecule has 0 aromatic heterocycles. The van der Waals surface area contributed by atoms with Crippen LogP contribution in [0.4, 0.5) is 10.5 Å². The van der Waals surface area contributed by atoms with Crippen LogP contribution in [0.2, 0.25) is 5.02 Å². The Balaban J connectivity index is 1.83. The van der Waals surface area contributed by atoms with Crippen molar-refractivity contribution >= 4 is 35.1 Å². The van der Waals surface area contributed by atoms with Gasteiger partial charge in [-0.05, 0) is 49.2 Å². The van der Waals surface area contributed by atoms with Gasteiger partial charge in [0, 0.05) is 7.11 Å². The van der Waals surface area contributed by atoms with Crippen molar-refractivity contribution in [3.8, 4) is 5.75 Å². The van der Waals surface area contributed by atoms with Crippen molar-refractivity contribution in [3.05, 3.63) is 58.6 Å². The van der Waals surface area contributed by atoms with Gasteiger partial charge in [0.15, 0.2) is 0 Å². The number of ether oxygens (including phenoxy) is 2. The lowest BCUT2D eigenvalue weighted by Gasteiger charge is -2.28. The van der Waals surface area contributed by atoms with Gasteiger partial charge in [0.2, 0.25) is 5.91 Å². The predicted octanol–water partition coefficient (Wildman–Crippen LogP) is 2.65. The Labute approximate surface area is 196 Å². The van der Waals surface area contributed by atoms with E-state index < -0.39 is 36.0 Å². The summed E-state index contributed by atoms with van der Waals surface area (Å²) in [7, 11) is 1.39. The van der Waals surface area contributed by atoms with Gasteiger partial charge in [-0.2, -0.15) is 0 Å². The Morgan fingerprint density at radius 1 is 1.24 bits per heavy atom. The molecule has 3 N–H and O–H groups in total. The van der Waals surface area contributed by atoms with E-state index in [-0.39, 0.29) is 13.2 Å². The third-order valence-corrected chi connectivity index (χ3v) is 5.60. The molecule has 176 valence electrons. The van der Waals surface area contributed by atoms with Gasteiger partial charge < -0.3 is 25.2 Å². The van der Waals surface area contributed by atoms with E-state index in [9.17, 15) is 14.4 Å². The summed E-state index contributed by atoms with van der Waals surface area (Å²) in [5, 5.41) is 14.5. The van der Waals surface area contributed by atoms with Gasteiger partial charge >= 0.3 is 6.03 Å². The number of aliphatic hydroxyl groups is 1. The summed E-state index contributed by atoms with van der Waals surface area (Å²) in [5.74, 6) is -0.670. The number of rotatable bonds is 9. The molecule has 1 aliphatic rings. The van der Waals surface area contributed by atoms with Gasteiger partial charge in [-0.3, -0.25) is 9.59 Å². The van der Waals surface area contributed by atoms with Crippen LogP contribution in [0.3, 0.4) is 0 Å². The van der Waals surface area contributed by atoms with Crippen molar-refractivity contribution in [3.63, 3.8) is 0 Å². The molecule has 4 amide bonds. The van der Waals surface area contributed by atoms with Crippen molar-refractivity contribution in [2.24, 2.45) is 0 Å². The molecule has 0 bridgehead atoms. The highest BCUT2D eigenvalue weighted by atomic mass is 35.5. The molecule has 1 saturated heterocycles. The van der Waals surface area contributed by atoms with E-state index in [0.29, 0.717) is 22.0 Å². The van der Waals surface area contributed by atoms with Gasteiger partial charge in [0.05, 0.1) is 23.4 Å². The maximum Gasteiger partial charge on any atom is 0.325 e. The van der Waals surface area contributed by atoms with E-state index in [1.54, 1.807) is 49.4 Å². The number of carbonyl (C=O) groups excluding carboxylic acids is 3. The number of aliphatic hydroxyl groups excluding tert-OH is 1. The van der Waals surface area contributed by atoms with Crippen LogP contribution in [0.5, 0.6) is 5.75 Å². The first-order valence-corrected chi connectivity index (χ1v) is 10.7. The lowest BCUT2D eigenvalue weighted by molar-refractivity contribution is -0.137. The Kier molecular flexibility index (Phi) is 7.91. The number of nitrogens with zero attached hydrogens (tertiary/aromatic N) is 1. The van der Waals surface area contributed by atoms with Gasteiger partial charge in [-0.25, -0.2) is 9.69 Å². The third-order valence-electron chi connectivity index (χ3n) is 5.29. The number of nitrogens with one attached hydrogen (secondary N) is 2. The van der Waals surface area contributed by atoms with Crippen LogP contribution in [0.25, 0.3) is 0 Å². The second kappa shape index (κ2) is 10.7. The van der Waals surface area contributed by atoms with Crippen LogP contribution in [0.1, 0.15) is 24.1 Å². The van der Waals surface area contributed by atoms with E-state index in [1.165, 1.54) is 7.11 Å². The lowest BCUT2D eigenvalue weighted by Crippen LogP contribution is -2.53. The summed E-state index contributed by atoms with van der Waals surface area (Å²) in [6, 6.07) is 8.79. The van der Waals surface area contributed by atoms with E-state index in [1.807, 2.05) is 6.92 Å². The minimum absolute atomic E-state index is 0.122. The van der Waals surface area contributed by atoms with Crippen molar-refractivity contribution in [1.29, 1.82) is 0 Å². The van der Waals surface area contributed by atoms with E-state index in [0.717, 1.165) is 10.5 Å². The SMILES string of the molecule is COC(C)[C@@H](C(=O)Nc1ccc(C)cc1Cl)N1C(=O)N[C@H](c2ccc(OCCO)cc2)C1=O. The molecule has 3 rings (SSSR count). The lowest BCUT2D eigenvalue weighted by atomic mass is 10.0. The van der Waals surface area contributed by atoms with Crippen LogP contribution in [-0.2, 0) is 14.3 Å². The van der Waals surface area contributed by atoms with Gasteiger partial charge in [0.25, 0.3) is 5.91 Å². The zero-order valence-corrected chi connectivity index (χ0v) is 19.3. The van der Waals surface area contributed by atoms with E-state index >= 15 is 0 Å². The first-order chi connectivity index (χ1) is 15.8. The van der Waals surface area contributed by atoms with Crippen molar-refractivity contribution < 1.29 is 29.0 Å². The van der Waals surface area contributed by atoms with Gasteiger partial charge in [-0.1, -0.05) is 29.8 Å². The number of imide groups is 1. The number of amides is 4. The molecule has 1 aliphatic heterocycles. The topological polar surface area (TPSA) is 117 Å². The predicted molar refractivity (Wildman–Crippen MR) is 122 cm³/mol. The molecule has 0 saturated carbocycles. The smallest absolute Gasteiger partial charge is 0.325 e. The first-order valence-electron chi connectivity index (χ1n) is 10.3. The third kappa shape index (κ3) is 5.44. The fraction of sp³-hybridized carbons (Fsp3) is 0.348. The molecule has 3 atom stereocenters. The summed E-state index contributed by atoms with van der Waals surface area (Å²) < 4.78 is 10.6. The molecular weight excluding hydrogens is 450 g/mol. The summed E-state index contributed by atoms with van der Waals surface area (Å²) in [4.78, 5) is 40.0. The fourth-order valence-electron chi connectivity index (χ4n) is 3.50. The second-order valence-electron chi connectivity index (χ2n) is 7.59. The number of benzene rings is 2. The van der Waals surface area contributed by atoms with Gasteiger partial charge in [0.1, 0.15) is 24.4 Å². The molecule has 1 unspecified atom stereocenters.